The lowest BCUT2D eigenvalue weighted by Gasteiger charge is -2.19. The summed E-state index contributed by atoms with van der Waals surface area (Å²) in [5.74, 6) is 0.247. The van der Waals surface area contributed by atoms with E-state index in [2.05, 4.69) is 10.6 Å². The monoisotopic (exact) mass is 346 g/mol. The number of benzene rings is 2. The third-order valence-corrected chi connectivity index (χ3v) is 3.84. The third kappa shape index (κ3) is 3.14. The molecule has 0 spiro atoms. The first-order chi connectivity index (χ1) is 11.6. The van der Waals surface area contributed by atoms with Crippen LogP contribution in [0.3, 0.4) is 0 Å². The molecule has 1 aliphatic rings. The Morgan fingerprint density at radius 2 is 1.67 bits per heavy atom. The number of hydrogen-bond acceptors (Lipinski definition) is 4. The zero-order valence-electron chi connectivity index (χ0n) is 12.9. The third-order valence-electron chi connectivity index (χ3n) is 3.52. The minimum absolute atomic E-state index is 0.243. The van der Waals surface area contributed by atoms with Crippen molar-refractivity contribution in [3.8, 4) is 11.5 Å². The van der Waals surface area contributed by atoms with Gasteiger partial charge in [0.2, 0.25) is 0 Å². The number of carbonyl (C=O) groups is 2. The molecule has 24 heavy (non-hydrogen) atoms. The van der Waals surface area contributed by atoms with Crippen molar-refractivity contribution in [2.24, 2.45) is 0 Å². The van der Waals surface area contributed by atoms with Gasteiger partial charge in [-0.2, -0.15) is 0 Å². The quantitative estimate of drug-likeness (QED) is 0.896. The van der Waals surface area contributed by atoms with E-state index < -0.39 is 5.91 Å². The zero-order chi connectivity index (χ0) is 17.1. The van der Waals surface area contributed by atoms with Gasteiger partial charge in [-0.05, 0) is 18.2 Å². The Hall–Kier alpha value is -2.73. The average Bonchev–Trinajstić information content (AvgIpc) is 2.60. The first kappa shape index (κ1) is 16.1. The van der Waals surface area contributed by atoms with Gasteiger partial charge in [0.25, 0.3) is 11.8 Å². The molecule has 3 rings (SSSR count). The van der Waals surface area contributed by atoms with Crippen LogP contribution in [0.5, 0.6) is 11.5 Å². The van der Waals surface area contributed by atoms with E-state index in [1.807, 2.05) is 0 Å². The fraction of sp³-hybridized carbons (Fsp3) is 0.176. The average molecular weight is 347 g/mol. The highest BCUT2D eigenvalue weighted by molar-refractivity contribution is 6.34. The van der Waals surface area contributed by atoms with Crippen LogP contribution in [-0.2, 0) is 0 Å². The maximum atomic E-state index is 12.6. The fourth-order valence-corrected chi connectivity index (χ4v) is 2.59. The van der Waals surface area contributed by atoms with Gasteiger partial charge in [0.1, 0.15) is 13.2 Å². The number of para-hydroxylation sites is 1. The highest BCUT2D eigenvalue weighted by Gasteiger charge is 2.20. The Kier molecular flexibility index (Phi) is 4.57. The molecule has 0 aliphatic carbocycles. The molecule has 1 aliphatic heterocycles. The summed E-state index contributed by atoms with van der Waals surface area (Å²) in [6.45, 7) is 0.851. The molecule has 2 aromatic rings. The van der Waals surface area contributed by atoms with Crippen LogP contribution < -0.4 is 20.1 Å². The van der Waals surface area contributed by atoms with Crippen LogP contribution in [-0.4, -0.2) is 32.1 Å². The Balaban J connectivity index is 1.90. The van der Waals surface area contributed by atoms with E-state index in [1.54, 1.807) is 30.3 Å². The lowest BCUT2D eigenvalue weighted by molar-refractivity contribution is 0.0964. The van der Waals surface area contributed by atoms with Crippen molar-refractivity contribution < 1.29 is 19.1 Å². The van der Waals surface area contributed by atoms with Crippen molar-refractivity contribution in [1.29, 1.82) is 0 Å². The molecule has 0 fully saturated rings. The highest BCUT2D eigenvalue weighted by atomic mass is 35.5. The lowest BCUT2D eigenvalue weighted by Crippen LogP contribution is -2.22. The molecule has 1 heterocycles. The number of anilines is 1. The van der Waals surface area contributed by atoms with E-state index in [-0.39, 0.29) is 16.5 Å². The molecule has 0 radical (unpaired) electrons. The molecule has 0 atom stereocenters. The van der Waals surface area contributed by atoms with Gasteiger partial charge in [0, 0.05) is 13.1 Å². The van der Waals surface area contributed by atoms with Gasteiger partial charge in [0.05, 0.1) is 21.8 Å². The summed E-state index contributed by atoms with van der Waals surface area (Å²) >= 11 is 6.18. The maximum absolute atomic E-state index is 12.6. The topological polar surface area (TPSA) is 76.7 Å². The summed E-state index contributed by atoms with van der Waals surface area (Å²) in [5.41, 5.74) is 1.00. The number of rotatable bonds is 3. The van der Waals surface area contributed by atoms with Gasteiger partial charge >= 0.3 is 0 Å². The second-order valence-electron chi connectivity index (χ2n) is 5.05. The predicted molar refractivity (Wildman–Crippen MR) is 90.2 cm³/mol. The molecule has 0 unspecified atom stereocenters. The normalized spacial score (nSPS) is 12.4. The van der Waals surface area contributed by atoms with Crippen molar-refractivity contribution in [3.63, 3.8) is 0 Å². The van der Waals surface area contributed by atoms with E-state index in [0.717, 1.165) is 0 Å². The molecule has 2 N–H and O–H groups in total. The van der Waals surface area contributed by atoms with Gasteiger partial charge in [0.15, 0.2) is 11.5 Å². The Bertz CT molecular complexity index is 807. The van der Waals surface area contributed by atoms with Crippen LogP contribution in [0.15, 0.2) is 36.4 Å². The molecule has 7 heteroatoms. The molecular formula is C17H15ClN2O4. The van der Waals surface area contributed by atoms with Crippen LogP contribution >= 0.6 is 11.6 Å². The highest BCUT2D eigenvalue weighted by Crippen LogP contribution is 2.35. The molecule has 0 aromatic heterocycles. The Morgan fingerprint density at radius 1 is 1.00 bits per heavy atom. The van der Waals surface area contributed by atoms with Gasteiger partial charge in [-0.25, -0.2) is 0 Å². The molecule has 6 nitrogen and oxygen atoms in total. The number of halogens is 1. The standard InChI is InChI=1S/C17H15ClN2O4/c1-19-16(21)10-4-2-3-5-13(10)20-17(22)11-8-14-15(9-12(11)18)24-7-6-23-14/h2-5,8-9H,6-7H2,1H3,(H,19,21)(H,20,22). The number of fused-ring (bicyclic) bond motifs is 1. The number of nitrogens with one attached hydrogen (secondary N) is 2. The lowest BCUT2D eigenvalue weighted by atomic mass is 10.1. The van der Waals surface area contributed by atoms with Crippen molar-refractivity contribution in [3.05, 3.63) is 52.5 Å². The van der Waals surface area contributed by atoms with Crippen molar-refractivity contribution in [2.75, 3.05) is 25.6 Å². The van der Waals surface area contributed by atoms with E-state index in [4.69, 9.17) is 21.1 Å². The minimum atomic E-state index is -0.437. The van der Waals surface area contributed by atoms with E-state index in [0.29, 0.717) is 36.0 Å². The van der Waals surface area contributed by atoms with Gasteiger partial charge in [-0.1, -0.05) is 23.7 Å². The summed E-state index contributed by atoms with van der Waals surface area (Å²) in [5, 5.41) is 5.49. The molecule has 2 amide bonds. The zero-order valence-corrected chi connectivity index (χ0v) is 13.6. The largest absolute Gasteiger partial charge is 0.486 e. The van der Waals surface area contributed by atoms with Gasteiger partial charge < -0.3 is 20.1 Å². The van der Waals surface area contributed by atoms with E-state index in [1.165, 1.54) is 13.1 Å². The predicted octanol–water partition coefficient (Wildman–Crippen LogP) is 2.72. The minimum Gasteiger partial charge on any atom is -0.486 e. The molecule has 2 aromatic carbocycles. The second kappa shape index (κ2) is 6.80. The molecule has 124 valence electrons. The number of ether oxygens (including phenoxy) is 2. The Labute approximate surface area is 143 Å². The van der Waals surface area contributed by atoms with Crippen molar-refractivity contribution >= 4 is 29.1 Å². The number of amides is 2. The second-order valence-corrected chi connectivity index (χ2v) is 5.46. The Morgan fingerprint density at radius 3 is 2.38 bits per heavy atom. The van der Waals surface area contributed by atoms with Crippen LogP contribution in [0, 0.1) is 0 Å². The maximum Gasteiger partial charge on any atom is 0.257 e. The summed E-state index contributed by atoms with van der Waals surface area (Å²) in [4.78, 5) is 24.4. The van der Waals surface area contributed by atoms with Crippen LogP contribution in [0.25, 0.3) is 0 Å². The summed E-state index contributed by atoms with van der Waals surface area (Å²) in [7, 11) is 1.53. The fourth-order valence-electron chi connectivity index (χ4n) is 2.35. The van der Waals surface area contributed by atoms with Crippen LogP contribution in [0.4, 0.5) is 5.69 Å². The molecule has 0 saturated carbocycles. The van der Waals surface area contributed by atoms with E-state index in [9.17, 15) is 9.59 Å². The molecule has 0 bridgehead atoms. The smallest absolute Gasteiger partial charge is 0.257 e. The van der Waals surface area contributed by atoms with Crippen molar-refractivity contribution in [1.82, 2.24) is 5.32 Å². The van der Waals surface area contributed by atoms with Crippen molar-refractivity contribution in [2.45, 2.75) is 0 Å². The first-order valence-electron chi connectivity index (χ1n) is 7.31. The van der Waals surface area contributed by atoms with Gasteiger partial charge in [-0.15, -0.1) is 0 Å². The van der Waals surface area contributed by atoms with Crippen LogP contribution in [0.2, 0.25) is 5.02 Å². The van der Waals surface area contributed by atoms with Gasteiger partial charge in [-0.3, -0.25) is 9.59 Å². The van der Waals surface area contributed by atoms with E-state index >= 15 is 0 Å². The number of carbonyl (C=O) groups excluding carboxylic acids is 2. The molecule has 0 saturated heterocycles. The SMILES string of the molecule is CNC(=O)c1ccccc1NC(=O)c1cc2c(cc1Cl)OCCO2. The van der Waals surface area contributed by atoms with Crippen LogP contribution in [0.1, 0.15) is 20.7 Å². The summed E-state index contributed by atoms with van der Waals surface area (Å²) in [6, 6.07) is 9.81. The first-order valence-corrected chi connectivity index (χ1v) is 7.69. The number of hydrogen-bond donors (Lipinski definition) is 2. The summed E-state index contributed by atoms with van der Waals surface area (Å²) in [6.07, 6.45) is 0. The summed E-state index contributed by atoms with van der Waals surface area (Å²) < 4.78 is 10.9. The molecular weight excluding hydrogens is 332 g/mol.